The molecule has 1 aromatic heterocycles. The third kappa shape index (κ3) is 6.92. The zero-order valence-corrected chi connectivity index (χ0v) is 19.4. The number of hydrogen-bond acceptors (Lipinski definition) is 5. The average Bonchev–Trinajstić information content (AvgIpc) is 3.38. The van der Waals surface area contributed by atoms with E-state index < -0.39 is 0 Å². The Morgan fingerprint density at radius 3 is 2.74 bits per heavy atom. The fraction of sp³-hybridized carbons (Fsp3) is 0.818. The Bertz CT molecular complexity index is 727. The highest BCUT2D eigenvalue weighted by molar-refractivity contribution is 5.81. The summed E-state index contributed by atoms with van der Waals surface area (Å²) in [6.07, 6.45) is 7.62. The highest BCUT2D eigenvalue weighted by Crippen LogP contribution is 2.26. The zero-order valence-electron chi connectivity index (χ0n) is 19.4. The first-order valence-electron chi connectivity index (χ1n) is 11.8. The van der Waals surface area contributed by atoms with Gasteiger partial charge in [0.15, 0.2) is 11.8 Å². The summed E-state index contributed by atoms with van der Waals surface area (Å²) < 4.78 is 7.38. The van der Waals surface area contributed by atoms with Gasteiger partial charge in [-0.15, -0.1) is 10.2 Å². The third-order valence-electron chi connectivity index (χ3n) is 6.32. The van der Waals surface area contributed by atoms with Crippen LogP contribution >= 0.6 is 0 Å². The Kier molecular flexibility index (Phi) is 9.12. The number of carbonyl (C=O) groups excluding carboxylic acids is 1. The van der Waals surface area contributed by atoms with Crippen molar-refractivity contribution in [2.45, 2.75) is 71.4 Å². The molecule has 2 N–H and O–H groups in total. The molecule has 0 bridgehead atoms. The topological polar surface area (TPSA) is 96.7 Å². The molecule has 2 fully saturated rings. The second-order valence-electron chi connectivity index (χ2n) is 8.61. The van der Waals surface area contributed by atoms with Crippen LogP contribution in [0.2, 0.25) is 0 Å². The number of aliphatic imine (C=N–C) groups is 1. The quantitative estimate of drug-likeness (QED) is 0.350. The fourth-order valence-electron chi connectivity index (χ4n) is 4.30. The molecule has 2 heterocycles. The zero-order chi connectivity index (χ0) is 22.1. The molecule has 3 rings (SSSR count). The SMILES string of the molecule is CCOCCCNC(=NCc1nnc(C)n1C)NC1CCN(C(=O)C2CCCCC2)C1. The van der Waals surface area contributed by atoms with Crippen molar-refractivity contribution in [3.05, 3.63) is 11.6 Å². The van der Waals surface area contributed by atoms with E-state index in [1.54, 1.807) is 0 Å². The monoisotopic (exact) mass is 433 g/mol. The Labute approximate surface area is 186 Å². The number of nitrogens with one attached hydrogen (secondary N) is 2. The lowest BCUT2D eigenvalue weighted by Gasteiger charge is -2.26. The molecular weight excluding hydrogens is 394 g/mol. The number of aromatic nitrogens is 3. The lowest BCUT2D eigenvalue weighted by atomic mass is 9.88. The molecule has 1 amide bonds. The van der Waals surface area contributed by atoms with Crippen LogP contribution < -0.4 is 10.6 Å². The molecule has 9 heteroatoms. The van der Waals surface area contributed by atoms with Crippen LogP contribution in [0.5, 0.6) is 0 Å². The van der Waals surface area contributed by atoms with Crippen molar-refractivity contribution in [3.8, 4) is 0 Å². The predicted molar refractivity (Wildman–Crippen MR) is 121 cm³/mol. The lowest BCUT2D eigenvalue weighted by molar-refractivity contribution is -0.135. The van der Waals surface area contributed by atoms with Crippen molar-refractivity contribution in [1.82, 2.24) is 30.3 Å². The Morgan fingerprint density at radius 1 is 1.23 bits per heavy atom. The van der Waals surface area contributed by atoms with Crippen molar-refractivity contribution in [2.24, 2.45) is 18.0 Å². The van der Waals surface area contributed by atoms with Gasteiger partial charge in [0, 0.05) is 51.9 Å². The molecule has 1 aliphatic heterocycles. The number of likely N-dealkylation sites (tertiary alicyclic amines) is 1. The van der Waals surface area contributed by atoms with Crippen LogP contribution in [-0.4, -0.2) is 70.4 Å². The van der Waals surface area contributed by atoms with Gasteiger partial charge in [-0.2, -0.15) is 0 Å². The van der Waals surface area contributed by atoms with Crippen LogP contribution in [0.25, 0.3) is 0 Å². The summed E-state index contributed by atoms with van der Waals surface area (Å²) in [6.45, 7) is 8.21. The number of ether oxygens (including phenoxy) is 1. The van der Waals surface area contributed by atoms with E-state index in [1.807, 2.05) is 30.4 Å². The van der Waals surface area contributed by atoms with E-state index in [-0.39, 0.29) is 12.0 Å². The van der Waals surface area contributed by atoms with Gasteiger partial charge in [-0.05, 0) is 39.5 Å². The van der Waals surface area contributed by atoms with Crippen LogP contribution in [0.1, 0.15) is 63.5 Å². The smallest absolute Gasteiger partial charge is 0.225 e. The summed E-state index contributed by atoms with van der Waals surface area (Å²) in [7, 11) is 1.95. The Hall–Kier alpha value is -2.16. The van der Waals surface area contributed by atoms with Gasteiger partial charge in [-0.3, -0.25) is 4.79 Å². The van der Waals surface area contributed by atoms with E-state index in [1.165, 1.54) is 19.3 Å². The number of aryl methyl sites for hydroxylation is 1. The number of guanidine groups is 1. The minimum Gasteiger partial charge on any atom is -0.382 e. The van der Waals surface area contributed by atoms with E-state index in [4.69, 9.17) is 9.73 Å². The van der Waals surface area contributed by atoms with Gasteiger partial charge in [0.2, 0.25) is 5.91 Å². The van der Waals surface area contributed by atoms with Crippen molar-refractivity contribution in [3.63, 3.8) is 0 Å². The molecule has 9 nitrogen and oxygen atoms in total. The van der Waals surface area contributed by atoms with Crippen LogP contribution in [0.4, 0.5) is 0 Å². The molecular formula is C22H39N7O2. The van der Waals surface area contributed by atoms with E-state index in [0.717, 1.165) is 76.1 Å². The summed E-state index contributed by atoms with van der Waals surface area (Å²) in [6, 6.07) is 0.215. The van der Waals surface area contributed by atoms with Crippen molar-refractivity contribution in [1.29, 1.82) is 0 Å². The molecule has 0 aromatic carbocycles. The first-order chi connectivity index (χ1) is 15.1. The van der Waals surface area contributed by atoms with Crippen LogP contribution in [0, 0.1) is 12.8 Å². The van der Waals surface area contributed by atoms with Gasteiger partial charge in [-0.1, -0.05) is 19.3 Å². The molecule has 0 radical (unpaired) electrons. The van der Waals surface area contributed by atoms with E-state index in [0.29, 0.717) is 12.5 Å². The van der Waals surface area contributed by atoms with E-state index in [2.05, 4.69) is 20.8 Å². The Balaban J connectivity index is 1.54. The molecule has 1 unspecified atom stereocenters. The van der Waals surface area contributed by atoms with Gasteiger partial charge in [0.25, 0.3) is 0 Å². The van der Waals surface area contributed by atoms with Gasteiger partial charge in [0.1, 0.15) is 12.4 Å². The summed E-state index contributed by atoms with van der Waals surface area (Å²) in [5, 5.41) is 15.3. The minimum absolute atomic E-state index is 0.215. The predicted octanol–water partition coefficient (Wildman–Crippen LogP) is 1.77. The molecule has 1 aliphatic carbocycles. The highest BCUT2D eigenvalue weighted by atomic mass is 16.5. The molecule has 1 aromatic rings. The number of nitrogens with zero attached hydrogens (tertiary/aromatic N) is 5. The molecule has 0 spiro atoms. The van der Waals surface area contributed by atoms with E-state index in [9.17, 15) is 4.79 Å². The van der Waals surface area contributed by atoms with Gasteiger partial charge in [0.05, 0.1) is 0 Å². The first kappa shape index (κ1) is 23.5. The summed E-state index contributed by atoms with van der Waals surface area (Å²) in [4.78, 5) is 19.7. The highest BCUT2D eigenvalue weighted by Gasteiger charge is 2.31. The second-order valence-corrected chi connectivity index (χ2v) is 8.61. The molecule has 174 valence electrons. The summed E-state index contributed by atoms with van der Waals surface area (Å²) in [5.74, 6) is 3.04. The number of hydrogen-bond donors (Lipinski definition) is 2. The molecule has 1 saturated heterocycles. The standard InChI is InChI=1S/C22H39N7O2/c1-4-31-14-8-12-23-22(24-15-20-27-26-17(2)28(20)3)25-19-11-13-29(16-19)21(30)18-9-6-5-7-10-18/h18-19H,4-16H2,1-3H3,(H2,23,24,25). The molecule has 31 heavy (non-hydrogen) atoms. The van der Waals surface area contributed by atoms with Gasteiger partial charge < -0.3 is 24.8 Å². The molecule has 1 atom stereocenters. The van der Waals surface area contributed by atoms with Crippen LogP contribution in [0.15, 0.2) is 4.99 Å². The van der Waals surface area contributed by atoms with E-state index >= 15 is 0 Å². The fourth-order valence-corrected chi connectivity index (χ4v) is 4.30. The normalized spacial score (nSPS) is 20.3. The summed E-state index contributed by atoms with van der Waals surface area (Å²) in [5.41, 5.74) is 0. The average molecular weight is 434 g/mol. The first-order valence-corrected chi connectivity index (χ1v) is 11.8. The lowest BCUT2D eigenvalue weighted by Crippen LogP contribution is -2.46. The largest absolute Gasteiger partial charge is 0.382 e. The number of carbonyl (C=O) groups is 1. The molecule has 1 saturated carbocycles. The van der Waals surface area contributed by atoms with Crippen molar-refractivity contribution >= 4 is 11.9 Å². The maximum atomic E-state index is 12.9. The van der Waals surface area contributed by atoms with Crippen LogP contribution in [-0.2, 0) is 23.1 Å². The van der Waals surface area contributed by atoms with Crippen LogP contribution in [0.3, 0.4) is 0 Å². The Morgan fingerprint density at radius 2 is 2.03 bits per heavy atom. The third-order valence-corrected chi connectivity index (χ3v) is 6.32. The maximum absolute atomic E-state index is 12.9. The minimum atomic E-state index is 0.215. The van der Waals surface area contributed by atoms with Crippen molar-refractivity contribution < 1.29 is 9.53 Å². The summed E-state index contributed by atoms with van der Waals surface area (Å²) >= 11 is 0. The maximum Gasteiger partial charge on any atom is 0.225 e. The molecule has 2 aliphatic rings. The second kappa shape index (κ2) is 12.0. The van der Waals surface area contributed by atoms with Crippen molar-refractivity contribution in [2.75, 3.05) is 32.8 Å². The van der Waals surface area contributed by atoms with Gasteiger partial charge in [-0.25, -0.2) is 4.99 Å². The number of rotatable bonds is 9. The van der Waals surface area contributed by atoms with Gasteiger partial charge >= 0.3 is 0 Å². The number of amides is 1.